The van der Waals surface area contributed by atoms with Crippen LogP contribution in [0.3, 0.4) is 0 Å². The Morgan fingerprint density at radius 1 is 1.71 bits per heavy atom. The van der Waals surface area contributed by atoms with Gasteiger partial charge in [0.25, 0.3) is 0 Å². The van der Waals surface area contributed by atoms with Crippen molar-refractivity contribution in [3.8, 4) is 0 Å². The minimum absolute atomic E-state index is 1.04. The van der Waals surface area contributed by atoms with Gasteiger partial charge in [-0.15, -0.1) is 5.10 Å². The van der Waals surface area contributed by atoms with Crippen molar-refractivity contribution in [3.05, 3.63) is 0 Å². The van der Waals surface area contributed by atoms with Crippen LogP contribution in [-0.4, -0.2) is 18.9 Å². The molecule has 0 rings (SSSR count). The second-order valence-electron chi connectivity index (χ2n) is 0.894. The number of hydrazine groups is 1. The van der Waals surface area contributed by atoms with E-state index in [0.717, 1.165) is 5.12 Å². The Bertz CT molecular complexity index is 74.1. The van der Waals surface area contributed by atoms with E-state index in [2.05, 4.69) is 22.3 Å². The molecule has 2 N–H and O–H groups in total. The summed E-state index contributed by atoms with van der Waals surface area (Å²) in [6.07, 6.45) is 0. The fraction of sp³-hybridized carbons (Fsp3) is 0.500. The predicted molar refractivity (Wildman–Crippen MR) is 26.4 cm³/mol. The molecule has 0 fully saturated rings. The summed E-state index contributed by atoms with van der Waals surface area (Å²) in [5.41, 5.74) is 0. The first kappa shape index (κ1) is 6.03. The van der Waals surface area contributed by atoms with Crippen LogP contribution in [0.5, 0.6) is 0 Å². The van der Waals surface area contributed by atoms with Crippen LogP contribution < -0.4 is 5.84 Å². The van der Waals surface area contributed by atoms with E-state index in [1.807, 2.05) is 0 Å². The average Bonchev–Trinajstić information content (AvgIpc) is 1.61. The molecule has 0 saturated heterocycles. The average molecular weight is 101 g/mol. The standard InChI is InChI=1S/C2H7N5/c1-4-5-6-7(2)3/h1,3H2,2H3/b6-5-. The van der Waals surface area contributed by atoms with E-state index in [0.29, 0.717) is 0 Å². The molecular weight excluding hydrogens is 94.1 g/mol. The quantitative estimate of drug-likeness (QED) is 0.226. The van der Waals surface area contributed by atoms with Crippen molar-refractivity contribution in [2.75, 3.05) is 7.05 Å². The maximum absolute atomic E-state index is 4.96. The summed E-state index contributed by atoms with van der Waals surface area (Å²) in [6.45, 7) is 3.04. The molecule has 0 radical (unpaired) electrons. The van der Waals surface area contributed by atoms with Gasteiger partial charge >= 0.3 is 0 Å². The highest BCUT2D eigenvalue weighted by Crippen LogP contribution is 1.72. The van der Waals surface area contributed by atoms with Crippen molar-refractivity contribution in [1.82, 2.24) is 5.12 Å². The molecule has 0 atom stereocenters. The summed E-state index contributed by atoms with van der Waals surface area (Å²) in [6, 6.07) is 0. The number of nitrogens with zero attached hydrogens (tertiary/aromatic N) is 4. The first-order valence-electron chi connectivity index (χ1n) is 1.62. The molecule has 5 heteroatoms. The molecule has 0 aromatic carbocycles. The Kier molecular flexibility index (Phi) is 2.78. The molecule has 0 unspecified atom stereocenters. The number of hydrogen-bond donors (Lipinski definition) is 1. The summed E-state index contributed by atoms with van der Waals surface area (Å²) in [5, 5.41) is 10.5. The van der Waals surface area contributed by atoms with E-state index in [4.69, 9.17) is 5.84 Å². The van der Waals surface area contributed by atoms with Crippen molar-refractivity contribution in [2.45, 2.75) is 0 Å². The Balaban J connectivity index is 3.25. The van der Waals surface area contributed by atoms with Gasteiger partial charge < -0.3 is 0 Å². The first-order chi connectivity index (χ1) is 3.27. The van der Waals surface area contributed by atoms with Crippen LogP contribution in [0, 0.1) is 0 Å². The molecule has 7 heavy (non-hydrogen) atoms. The summed E-state index contributed by atoms with van der Waals surface area (Å²) in [5.74, 6) is 4.96. The molecular formula is C2H7N5. The minimum atomic E-state index is 1.04. The highest BCUT2D eigenvalue weighted by Gasteiger charge is 1.70. The smallest absolute Gasteiger partial charge is 0.0437 e. The fourth-order valence-corrected chi connectivity index (χ4v) is 0.0914. The monoisotopic (exact) mass is 101 g/mol. The number of rotatable bonds is 2. The minimum Gasteiger partial charge on any atom is -0.230 e. The van der Waals surface area contributed by atoms with Crippen LogP contribution in [0.1, 0.15) is 0 Å². The van der Waals surface area contributed by atoms with Gasteiger partial charge in [-0.1, -0.05) is 0 Å². The molecule has 0 saturated carbocycles. The summed E-state index contributed by atoms with van der Waals surface area (Å²) in [7, 11) is 1.54. The van der Waals surface area contributed by atoms with E-state index in [1.165, 1.54) is 7.05 Å². The van der Waals surface area contributed by atoms with Crippen molar-refractivity contribution in [3.63, 3.8) is 0 Å². The van der Waals surface area contributed by atoms with Crippen molar-refractivity contribution < 1.29 is 0 Å². The number of nitrogens with two attached hydrogens (primary N) is 1. The van der Waals surface area contributed by atoms with Gasteiger partial charge in [-0.25, -0.2) is 11.0 Å². The van der Waals surface area contributed by atoms with Crippen LogP contribution in [0.15, 0.2) is 15.5 Å². The van der Waals surface area contributed by atoms with Gasteiger partial charge in [-0.3, -0.25) is 0 Å². The van der Waals surface area contributed by atoms with Gasteiger partial charge in [0.05, 0.1) is 0 Å². The second kappa shape index (κ2) is 3.23. The van der Waals surface area contributed by atoms with E-state index >= 15 is 0 Å². The third-order valence-corrected chi connectivity index (χ3v) is 0.244. The normalized spacial score (nSPS) is 9.43. The van der Waals surface area contributed by atoms with E-state index < -0.39 is 0 Å². The zero-order valence-corrected chi connectivity index (χ0v) is 4.07. The van der Waals surface area contributed by atoms with E-state index in [9.17, 15) is 0 Å². The zero-order valence-electron chi connectivity index (χ0n) is 4.07. The van der Waals surface area contributed by atoms with Gasteiger partial charge in [-0.2, -0.15) is 0 Å². The Hall–Kier alpha value is -0.970. The second-order valence-corrected chi connectivity index (χ2v) is 0.894. The van der Waals surface area contributed by atoms with Crippen LogP contribution in [0.2, 0.25) is 0 Å². The molecule has 0 aromatic heterocycles. The Morgan fingerprint density at radius 3 is 2.43 bits per heavy atom. The van der Waals surface area contributed by atoms with Crippen molar-refractivity contribution >= 4 is 6.72 Å². The SMILES string of the molecule is C=N/N=N\N(C)N. The van der Waals surface area contributed by atoms with Gasteiger partial charge in [0.1, 0.15) is 0 Å². The zero-order chi connectivity index (χ0) is 5.70. The van der Waals surface area contributed by atoms with Crippen LogP contribution in [0.4, 0.5) is 0 Å². The van der Waals surface area contributed by atoms with Crippen LogP contribution >= 0.6 is 0 Å². The van der Waals surface area contributed by atoms with E-state index in [1.54, 1.807) is 0 Å². The van der Waals surface area contributed by atoms with E-state index in [-0.39, 0.29) is 0 Å². The highest BCUT2D eigenvalue weighted by atomic mass is 15.7. The highest BCUT2D eigenvalue weighted by molar-refractivity contribution is 5.22. The molecule has 0 bridgehead atoms. The van der Waals surface area contributed by atoms with Gasteiger partial charge in [0.2, 0.25) is 0 Å². The molecule has 0 aliphatic rings. The summed E-state index contributed by atoms with van der Waals surface area (Å²) in [4.78, 5) is 0. The molecule has 0 aliphatic carbocycles. The Morgan fingerprint density at radius 2 is 2.29 bits per heavy atom. The molecule has 0 amide bonds. The lowest BCUT2D eigenvalue weighted by atomic mass is 11.4. The predicted octanol–water partition coefficient (Wildman–Crippen LogP) is -0.225. The first-order valence-corrected chi connectivity index (χ1v) is 1.62. The summed E-state index contributed by atoms with van der Waals surface area (Å²) < 4.78 is 0. The molecule has 0 aromatic rings. The molecule has 40 valence electrons. The molecule has 5 nitrogen and oxygen atoms in total. The third-order valence-electron chi connectivity index (χ3n) is 0.244. The lowest BCUT2D eigenvalue weighted by molar-refractivity contribution is 0.341. The van der Waals surface area contributed by atoms with Gasteiger partial charge in [0.15, 0.2) is 0 Å². The molecule has 0 aliphatic heterocycles. The maximum Gasteiger partial charge on any atom is 0.0437 e. The third kappa shape index (κ3) is 5.03. The number of hydrogen-bond acceptors (Lipinski definition) is 3. The lowest BCUT2D eigenvalue weighted by Gasteiger charge is -1.95. The lowest BCUT2D eigenvalue weighted by Crippen LogP contribution is -2.17. The fourth-order valence-electron chi connectivity index (χ4n) is 0.0914. The Labute approximate surface area is 41.5 Å². The maximum atomic E-state index is 4.96. The summed E-state index contributed by atoms with van der Waals surface area (Å²) >= 11 is 0. The van der Waals surface area contributed by atoms with Crippen molar-refractivity contribution in [2.24, 2.45) is 21.4 Å². The van der Waals surface area contributed by atoms with Crippen LogP contribution in [0.25, 0.3) is 0 Å². The molecule has 0 spiro atoms. The topological polar surface area (TPSA) is 66.3 Å². The van der Waals surface area contributed by atoms with Gasteiger partial charge in [-0.05, 0) is 10.4 Å². The largest absolute Gasteiger partial charge is 0.230 e. The van der Waals surface area contributed by atoms with Crippen LogP contribution in [-0.2, 0) is 0 Å². The molecule has 0 heterocycles. The van der Waals surface area contributed by atoms with Gasteiger partial charge in [0, 0.05) is 13.8 Å². The van der Waals surface area contributed by atoms with Crippen molar-refractivity contribution in [1.29, 1.82) is 0 Å².